The van der Waals surface area contributed by atoms with Gasteiger partial charge >= 0.3 is 5.97 Å². The first-order valence-electron chi connectivity index (χ1n) is 8.17. The van der Waals surface area contributed by atoms with Gasteiger partial charge in [0.05, 0.1) is 13.5 Å². The van der Waals surface area contributed by atoms with Crippen molar-refractivity contribution in [2.45, 2.75) is 58.7 Å². The molecule has 0 unspecified atom stereocenters. The normalized spacial score (nSPS) is 19.0. The molecule has 0 atom stereocenters. The molecule has 0 N–H and O–H groups in total. The lowest BCUT2D eigenvalue weighted by atomic mass is 9.99. The van der Waals surface area contributed by atoms with Gasteiger partial charge in [-0.2, -0.15) is 0 Å². The molecule has 0 spiro atoms. The van der Waals surface area contributed by atoms with Crippen molar-refractivity contribution in [3.8, 4) is 0 Å². The fraction of sp³-hybridized carbons (Fsp3) is 0.938. The lowest BCUT2D eigenvalue weighted by Gasteiger charge is -2.53. The van der Waals surface area contributed by atoms with Crippen molar-refractivity contribution in [3.63, 3.8) is 0 Å². The van der Waals surface area contributed by atoms with E-state index >= 15 is 0 Å². The number of hydrogen-bond acceptors (Lipinski definition) is 4. The van der Waals surface area contributed by atoms with Gasteiger partial charge in [0.25, 0.3) is 0 Å². The van der Waals surface area contributed by atoms with E-state index in [9.17, 15) is 4.79 Å². The molecule has 124 valence electrons. The fourth-order valence-corrected chi connectivity index (χ4v) is 6.47. The highest BCUT2D eigenvalue weighted by atomic mass is 28.3. The van der Waals surface area contributed by atoms with Crippen molar-refractivity contribution in [2.75, 3.05) is 33.4 Å². The summed E-state index contributed by atoms with van der Waals surface area (Å²) < 4.78 is 7.47. The topological polar surface area (TPSA) is 32.8 Å². The number of methoxy groups -OCH3 is 1. The Morgan fingerprint density at radius 3 is 2.43 bits per heavy atom. The summed E-state index contributed by atoms with van der Waals surface area (Å²) in [7, 11) is -0.0597. The van der Waals surface area contributed by atoms with E-state index < -0.39 is 8.24 Å². The molecule has 0 aromatic heterocycles. The number of esters is 1. The Morgan fingerprint density at radius 2 is 1.90 bits per heavy atom. The predicted octanol–water partition coefficient (Wildman–Crippen LogP) is 3.16. The van der Waals surface area contributed by atoms with E-state index in [2.05, 4.69) is 50.3 Å². The number of hydrogen-bond donors (Lipinski definition) is 0. The Labute approximate surface area is 131 Å². The minimum absolute atomic E-state index is 0.105. The average molecular weight is 315 g/mol. The van der Waals surface area contributed by atoms with Gasteiger partial charge in [-0.25, -0.2) is 0 Å². The zero-order chi connectivity index (χ0) is 16.3. The van der Waals surface area contributed by atoms with Crippen molar-refractivity contribution < 1.29 is 9.53 Å². The first kappa shape index (κ1) is 18.7. The summed E-state index contributed by atoms with van der Waals surface area (Å²) in [5.41, 5.74) is 0. The molecule has 0 aromatic carbocycles. The Hall–Kier alpha value is -0.393. The molecule has 1 aliphatic heterocycles. The second-order valence-electron chi connectivity index (χ2n) is 7.64. The van der Waals surface area contributed by atoms with Gasteiger partial charge in [0.2, 0.25) is 0 Å². The van der Waals surface area contributed by atoms with E-state index in [1.807, 2.05) is 0 Å². The van der Waals surface area contributed by atoms with Gasteiger partial charge in [0.15, 0.2) is 0 Å². The predicted molar refractivity (Wildman–Crippen MR) is 90.8 cm³/mol. The minimum atomic E-state index is -1.52. The summed E-state index contributed by atoms with van der Waals surface area (Å²) in [6.45, 7) is 18.6. The molecule has 0 radical (unpaired) electrons. The molecule has 21 heavy (non-hydrogen) atoms. The Bertz CT molecular complexity index is 356. The minimum Gasteiger partial charge on any atom is -0.469 e. The van der Waals surface area contributed by atoms with Crippen LogP contribution in [-0.2, 0) is 9.53 Å². The van der Waals surface area contributed by atoms with Crippen LogP contribution in [0.3, 0.4) is 0 Å². The van der Waals surface area contributed by atoms with Gasteiger partial charge in [-0.15, -0.1) is 0 Å². The van der Waals surface area contributed by atoms with Crippen LogP contribution in [-0.4, -0.2) is 57.1 Å². The van der Waals surface area contributed by atoms with Gasteiger partial charge in [-0.1, -0.05) is 40.8 Å². The third kappa shape index (κ3) is 4.30. The van der Waals surface area contributed by atoms with Crippen LogP contribution < -0.4 is 0 Å². The van der Waals surface area contributed by atoms with E-state index in [1.165, 1.54) is 20.1 Å². The third-order valence-corrected chi connectivity index (χ3v) is 11.6. The van der Waals surface area contributed by atoms with Crippen LogP contribution in [0.1, 0.15) is 40.5 Å². The maximum absolute atomic E-state index is 11.3. The summed E-state index contributed by atoms with van der Waals surface area (Å²) in [5, 5.41) is 0.373. The molecule has 0 bridgehead atoms. The second kappa shape index (κ2) is 7.25. The average Bonchev–Trinajstić information content (AvgIpc) is 2.44. The summed E-state index contributed by atoms with van der Waals surface area (Å²) in [6.07, 6.45) is 1.70. The molecule has 5 heteroatoms. The quantitative estimate of drug-likeness (QED) is 0.557. The highest BCUT2D eigenvalue weighted by Gasteiger charge is 2.46. The lowest BCUT2D eigenvalue weighted by Crippen LogP contribution is -2.62. The molecule has 1 fully saturated rings. The fourth-order valence-electron chi connectivity index (χ4n) is 2.97. The van der Waals surface area contributed by atoms with Gasteiger partial charge in [0, 0.05) is 19.8 Å². The van der Waals surface area contributed by atoms with E-state index in [-0.39, 0.29) is 5.97 Å². The molecular weight excluding hydrogens is 280 g/mol. The standard InChI is InChI=1S/C16H34N2O2Si/c1-14(2)16(3,4)21(6,7)18-11-8-10-17(13-18)12-9-15(19)20-5/h14H,8-13H2,1-7H3. The van der Waals surface area contributed by atoms with Gasteiger partial charge in [-0.05, 0) is 23.9 Å². The molecule has 1 rings (SSSR count). The van der Waals surface area contributed by atoms with Gasteiger partial charge < -0.3 is 9.30 Å². The summed E-state index contributed by atoms with van der Waals surface area (Å²) >= 11 is 0. The molecule has 0 amide bonds. The summed E-state index contributed by atoms with van der Waals surface area (Å²) in [5.74, 6) is 0.579. The molecule has 0 aromatic rings. The van der Waals surface area contributed by atoms with Crippen LogP contribution in [0, 0.1) is 5.92 Å². The Kier molecular flexibility index (Phi) is 6.44. The number of nitrogens with zero attached hydrogens (tertiary/aromatic N) is 2. The monoisotopic (exact) mass is 314 g/mol. The highest BCUT2D eigenvalue weighted by Crippen LogP contribution is 2.46. The van der Waals surface area contributed by atoms with Crippen molar-refractivity contribution in [1.82, 2.24) is 9.47 Å². The maximum atomic E-state index is 11.3. The van der Waals surface area contributed by atoms with Crippen LogP contribution in [0.4, 0.5) is 0 Å². The van der Waals surface area contributed by atoms with E-state index in [4.69, 9.17) is 4.74 Å². The van der Waals surface area contributed by atoms with Gasteiger partial charge in [0.1, 0.15) is 8.24 Å². The highest BCUT2D eigenvalue weighted by molar-refractivity contribution is 6.77. The molecule has 1 heterocycles. The van der Waals surface area contributed by atoms with Crippen molar-refractivity contribution in [3.05, 3.63) is 0 Å². The molecule has 1 saturated heterocycles. The maximum Gasteiger partial charge on any atom is 0.306 e. The van der Waals surface area contributed by atoms with Crippen molar-refractivity contribution >= 4 is 14.2 Å². The number of carbonyl (C=O) groups is 1. The number of carbonyl (C=O) groups excluding carboxylic acids is 1. The molecule has 0 aliphatic carbocycles. The third-order valence-electron chi connectivity index (χ3n) is 5.94. The molecule has 4 nitrogen and oxygen atoms in total. The largest absolute Gasteiger partial charge is 0.469 e. The zero-order valence-corrected chi connectivity index (χ0v) is 16.0. The first-order chi connectivity index (χ1) is 9.62. The Balaban J connectivity index is 2.69. The first-order valence-corrected chi connectivity index (χ1v) is 11.1. The van der Waals surface area contributed by atoms with Crippen LogP contribution in [0.25, 0.3) is 0 Å². The Morgan fingerprint density at radius 1 is 1.29 bits per heavy atom. The van der Waals surface area contributed by atoms with E-state index in [1.54, 1.807) is 0 Å². The molecule has 0 saturated carbocycles. The van der Waals surface area contributed by atoms with Crippen molar-refractivity contribution in [1.29, 1.82) is 0 Å². The van der Waals surface area contributed by atoms with Crippen molar-refractivity contribution in [2.24, 2.45) is 5.92 Å². The number of rotatable bonds is 6. The van der Waals surface area contributed by atoms with E-state index in [0.717, 1.165) is 19.8 Å². The summed E-state index contributed by atoms with van der Waals surface area (Å²) in [4.78, 5) is 13.7. The van der Waals surface area contributed by atoms with Crippen LogP contribution in [0.2, 0.25) is 18.1 Å². The molecular formula is C16H34N2O2Si. The smallest absolute Gasteiger partial charge is 0.306 e. The van der Waals surface area contributed by atoms with E-state index in [0.29, 0.717) is 17.4 Å². The molecule has 1 aliphatic rings. The summed E-state index contributed by atoms with van der Waals surface area (Å²) in [6, 6.07) is 0. The second-order valence-corrected chi connectivity index (χ2v) is 12.7. The van der Waals surface area contributed by atoms with Crippen LogP contribution in [0.15, 0.2) is 0 Å². The zero-order valence-electron chi connectivity index (χ0n) is 15.0. The van der Waals surface area contributed by atoms with Crippen LogP contribution in [0.5, 0.6) is 0 Å². The van der Waals surface area contributed by atoms with Crippen LogP contribution >= 0.6 is 0 Å². The van der Waals surface area contributed by atoms with Gasteiger partial charge in [-0.3, -0.25) is 9.69 Å². The lowest BCUT2D eigenvalue weighted by molar-refractivity contribution is -0.141. The number of ether oxygens (including phenoxy) is 1. The SMILES string of the molecule is COC(=O)CCN1CCCN([Si](C)(C)C(C)(C)C(C)C)C1.